The molecule has 3 aromatic carbocycles. The number of rotatable bonds is 7. The maximum Gasteiger partial charge on any atom is 0.306 e. The van der Waals surface area contributed by atoms with Gasteiger partial charge in [-0.1, -0.05) is 78.9 Å². The van der Waals surface area contributed by atoms with E-state index in [2.05, 4.69) is 47.4 Å². The van der Waals surface area contributed by atoms with Gasteiger partial charge in [0.1, 0.15) is 12.4 Å². The smallest absolute Gasteiger partial charge is 0.306 e. The average molecular weight is 402 g/mol. The summed E-state index contributed by atoms with van der Waals surface area (Å²) in [5.41, 5.74) is 4.43. The van der Waals surface area contributed by atoms with E-state index in [1.807, 2.05) is 36.4 Å². The van der Waals surface area contributed by atoms with Gasteiger partial charge in [-0.2, -0.15) is 0 Å². The molecule has 1 aliphatic rings. The maximum atomic E-state index is 11.2. The Labute approximate surface area is 177 Å². The van der Waals surface area contributed by atoms with Gasteiger partial charge >= 0.3 is 5.97 Å². The van der Waals surface area contributed by atoms with E-state index < -0.39 is 5.97 Å². The van der Waals surface area contributed by atoms with E-state index in [-0.39, 0.29) is 5.92 Å². The Morgan fingerprint density at radius 1 is 0.833 bits per heavy atom. The number of carbonyl (C=O) groups is 1. The molecule has 0 aliphatic carbocycles. The summed E-state index contributed by atoms with van der Waals surface area (Å²) >= 11 is 0. The third-order valence-corrected chi connectivity index (χ3v) is 5.78. The molecule has 0 spiro atoms. The number of benzene rings is 3. The molecule has 0 bridgehead atoms. The van der Waals surface area contributed by atoms with Crippen molar-refractivity contribution in [2.75, 3.05) is 26.2 Å². The molecule has 0 aromatic heterocycles. The molecule has 0 atom stereocenters. The Hall–Kier alpha value is -3.11. The van der Waals surface area contributed by atoms with Crippen LogP contribution in [0, 0.1) is 5.92 Å². The van der Waals surface area contributed by atoms with E-state index in [1.54, 1.807) is 0 Å². The molecule has 1 aliphatic heterocycles. The molecule has 4 heteroatoms. The van der Waals surface area contributed by atoms with Crippen molar-refractivity contribution in [3.05, 3.63) is 78.9 Å². The van der Waals surface area contributed by atoms with Gasteiger partial charge in [0.05, 0.1) is 5.92 Å². The first kappa shape index (κ1) is 20.2. The van der Waals surface area contributed by atoms with Gasteiger partial charge in [0.25, 0.3) is 0 Å². The molecule has 0 saturated carbocycles. The summed E-state index contributed by atoms with van der Waals surface area (Å²) in [7, 11) is 0. The molecular formula is C26H27NO3. The lowest BCUT2D eigenvalue weighted by atomic mass is 9.97. The van der Waals surface area contributed by atoms with Gasteiger partial charge in [0, 0.05) is 17.7 Å². The fourth-order valence-electron chi connectivity index (χ4n) is 4.06. The minimum Gasteiger partial charge on any atom is -0.491 e. The van der Waals surface area contributed by atoms with Crippen molar-refractivity contribution < 1.29 is 14.6 Å². The molecule has 154 valence electrons. The fourth-order valence-corrected chi connectivity index (χ4v) is 4.06. The van der Waals surface area contributed by atoms with Gasteiger partial charge < -0.3 is 9.84 Å². The Bertz CT molecular complexity index is 906. The van der Waals surface area contributed by atoms with Crippen LogP contribution in [0.1, 0.15) is 12.8 Å². The zero-order chi connectivity index (χ0) is 20.8. The molecule has 4 rings (SSSR count). The number of hydrogen-bond acceptors (Lipinski definition) is 3. The second-order valence-corrected chi connectivity index (χ2v) is 7.72. The van der Waals surface area contributed by atoms with Crippen LogP contribution in [0.4, 0.5) is 0 Å². The van der Waals surface area contributed by atoms with Gasteiger partial charge in [-0.25, -0.2) is 0 Å². The van der Waals surface area contributed by atoms with E-state index in [1.165, 1.54) is 0 Å². The van der Waals surface area contributed by atoms with Crippen molar-refractivity contribution in [3.8, 4) is 28.0 Å². The number of piperidine rings is 1. The van der Waals surface area contributed by atoms with Crippen LogP contribution < -0.4 is 4.74 Å². The third-order valence-electron chi connectivity index (χ3n) is 5.78. The van der Waals surface area contributed by atoms with Crippen molar-refractivity contribution in [3.63, 3.8) is 0 Å². The molecule has 1 heterocycles. The van der Waals surface area contributed by atoms with Crippen LogP contribution in [0.2, 0.25) is 0 Å². The summed E-state index contributed by atoms with van der Waals surface area (Å²) in [6, 6.07) is 26.9. The zero-order valence-corrected chi connectivity index (χ0v) is 17.0. The number of hydrogen-bond donors (Lipinski definition) is 1. The summed E-state index contributed by atoms with van der Waals surface area (Å²) in [5, 5.41) is 9.18. The van der Waals surface area contributed by atoms with Crippen LogP contribution in [0.5, 0.6) is 5.75 Å². The van der Waals surface area contributed by atoms with Gasteiger partial charge in [-0.05, 0) is 37.1 Å². The van der Waals surface area contributed by atoms with Gasteiger partial charge in [-0.3, -0.25) is 9.69 Å². The fraction of sp³-hybridized carbons (Fsp3) is 0.269. The van der Waals surface area contributed by atoms with Crippen LogP contribution in [-0.2, 0) is 4.79 Å². The van der Waals surface area contributed by atoms with E-state index in [9.17, 15) is 9.90 Å². The second-order valence-electron chi connectivity index (χ2n) is 7.72. The van der Waals surface area contributed by atoms with Crippen molar-refractivity contribution in [2.45, 2.75) is 12.8 Å². The standard InChI is InChI=1S/C26H27NO3/c28-26(29)22-14-16-27(17-15-22)18-19-30-25-23(20-8-3-1-4-9-20)12-7-13-24(25)21-10-5-2-6-11-21/h1-13,22H,14-19H2,(H,28,29). The topological polar surface area (TPSA) is 49.8 Å². The molecule has 1 N–H and O–H groups in total. The molecule has 1 fully saturated rings. The number of ether oxygens (including phenoxy) is 1. The Balaban J connectivity index is 1.53. The molecule has 3 aromatic rings. The highest BCUT2D eigenvalue weighted by molar-refractivity contribution is 5.82. The van der Waals surface area contributed by atoms with Crippen LogP contribution in [0.3, 0.4) is 0 Å². The largest absolute Gasteiger partial charge is 0.491 e. The number of likely N-dealkylation sites (tertiary alicyclic amines) is 1. The number of nitrogens with zero attached hydrogens (tertiary/aromatic N) is 1. The summed E-state index contributed by atoms with van der Waals surface area (Å²) < 4.78 is 6.40. The van der Waals surface area contributed by atoms with Gasteiger partial charge in [0.15, 0.2) is 0 Å². The van der Waals surface area contributed by atoms with Crippen molar-refractivity contribution in [1.29, 1.82) is 0 Å². The molecule has 0 amide bonds. The van der Waals surface area contributed by atoms with Crippen LogP contribution in [0.25, 0.3) is 22.3 Å². The SMILES string of the molecule is O=C(O)C1CCN(CCOc2c(-c3ccccc3)cccc2-c2ccccc2)CC1. The minimum absolute atomic E-state index is 0.203. The summed E-state index contributed by atoms with van der Waals surface area (Å²) in [4.78, 5) is 13.5. The first-order chi connectivity index (χ1) is 14.7. The van der Waals surface area contributed by atoms with E-state index >= 15 is 0 Å². The van der Waals surface area contributed by atoms with Crippen LogP contribution >= 0.6 is 0 Å². The van der Waals surface area contributed by atoms with Crippen LogP contribution in [-0.4, -0.2) is 42.2 Å². The predicted octanol–water partition coefficient (Wildman–Crippen LogP) is 5.20. The number of carboxylic acids is 1. The van der Waals surface area contributed by atoms with E-state index in [0.717, 1.165) is 47.6 Å². The second kappa shape index (κ2) is 9.59. The minimum atomic E-state index is -0.671. The first-order valence-corrected chi connectivity index (χ1v) is 10.5. The number of para-hydroxylation sites is 1. The average Bonchev–Trinajstić information content (AvgIpc) is 2.80. The summed E-state index contributed by atoms with van der Waals surface area (Å²) in [6.07, 6.45) is 1.43. The molecule has 0 unspecified atom stereocenters. The first-order valence-electron chi connectivity index (χ1n) is 10.5. The maximum absolute atomic E-state index is 11.2. The third kappa shape index (κ3) is 4.71. The summed E-state index contributed by atoms with van der Waals surface area (Å²) in [6.45, 7) is 2.99. The number of aliphatic carboxylic acids is 1. The molecular weight excluding hydrogens is 374 g/mol. The van der Waals surface area contributed by atoms with E-state index in [4.69, 9.17) is 4.74 Å². The van der Waals surface area contributed by atoms with Crippen molar-refractivity contribution in [1.82, 2.24) is 4.90 Å². The number of carboxylic acid groups (broad SMARTS) is 1. The van der Waals surface area contributed by atoms with E-state index in [0.29, 0.717) is 19.4 Å². The zero-order valence-electron chi connectivity index (χ0n) is 17.0. The van der Waals surface area contributed by atoms with Crippen LogP contribution in [0.15, 0.2) is 78.9 Å². The van der Waals surface area contributed by atoms with Crippen molar-refractivity contribution >= 4 is 5.97 Å². The highest BCUT2D eigenvalue weighted by Gasteiger charge is 2.24. The lowest BCUT2D eigenvalue weighted by molar-refractivity contribution is -0.143. The highest BCUT2D eigenvalue weighted by atomic mass is 16.5. The molecule has 1 saturated heterocycles. The van der Waals surface area contributed by atoms with Gasteiger partial charge in [-0.15, -0.1) is 0 Å². The Morgan fingerprint density at radius 3 is 1.87 bits per heavy atom. The predicted molar refractivity (Wildman–Crippen MR) is 120 cm³/mol. The normalized spacial score (nSPS) is 15.1. The van der Waals surface area contributed by atoms with Gasteiger partial charge in [0.2, 0.25) is 0 Å². The highest BCUT2D eigenvalue weighted by Crippen LogP contribution is 2.39. The summed E-state index contributed by atoms with van der Waals surface area (Å²) in [5.74, 6) is 0.0242. The Morgan fingerprint density at radius 2 is 1.37 bits per heavy atom. The monoisotopic (exact) mass is 401 g/mol. The molecule has 30 heavy (non-hydrogen) atoms. The lowest BCUT2D eigenvalue weighted by Crippen LogP contribution is -2.38. The van der Waals surface area contributed by atoms with Crippen molar-refractivity contribution in [2.24, 2.45) is 5.92 Å². The quantitative estimate of drug-likeness (QED) is 0.591. The molecule has 0 radical (unpaired) electrons. The molecule has 4 nitrogen and oxygen atoms in total. The Kier molecular flexibility index (Phi) is 6.45. The lowest BCUT2D eigenvalue weighted by Gasteiger charge is -2.30.